The second kappa shape index (κ2) is 9.53. The van der Waals surface area contributed by atoms with Gasteiger partial charge in [-0.3, -0.25) is 9.78 Å². The molecule has 1 aromatic heterocycles. The summed E-state index contributed by atoms with van der Waals surface area (Å²) < 4.78 is 5.73. The number of nitrogens with zero attached hydrogens (tertiary/aromatic N) is 1. The first-order valence-corrected chi connectivity index (χ1v) is 9.26. The molecule has 4 heteroatoms. The summed E-state index contributed by atoms with van der Waals surface area (Å²) in [7, 11) is 0. The zero-order valence-electron chi connectivity index (χ0n) is 15.5. The number of amides is 1. The summed E-state index contributed by atoms with van der Waals surface area (Å²) in [5, 5.41) is 3.92. The number of fused-ring (bicyclic) bond motifs is 1. The van der Waals surface area contributed by atoms with Crippen molar-refractivity contribution < 1.29 is 9.53 Å². The maximum Gasteiger partial charge on any atom is 0.251 e. The van der Waals surface area contributed by atoms with Gasteiger partial charge in [0.25, 0.3) is 5.91 Å². The van der Waals surface area contributed by atoms with Crippen LogP contribution < -0.4 is 10.1 Å². The van der Waals surface area contributed by atoms with E-state index in [0.717, 1.165) is 35.1 Å². The van der Waals surface area contributed by atoms with Gasteiger partial charge in [0, 0.05) is 23.7 Å². The molecule has 0 saturated carbocycles. The zero-order chi connectivity index (χ0) is 18.9. The third kappa shape index (κ3) is 5.42. The molecule has 1 amide bonds. The molecule has 0 aliphatic carbocycles. The van der Waals surface area contributed by atoms with Gasteiger partial charge in [0.1, 0.15) is 12.4 Å². The Morgan fingerprint density at radius 3 is 2.93 bits per heavy atom. The van der Waals surface area contributed by atoms with Gasteiger partial charge in [-0.05, 0) is 48.4 Å². The third-order valence-corrected chi connectivity index (χ3v) is 4.18. The summed E-state index contributed by atoms with van der Waals surface area (Å²) in [5.41, 5.74) is 2.51. The monoisotopic (exact) mass is 360 g/mol. The minimum atomic E-state index is -0.102. The number of carbonyl (C=O) groups is 1. The number of hydrogen-bond acceptors (Lipinski definition) is 3. The van der Waals surface area contributed by atoms with Crippen molar-refractivity contribution in [3.63, 3.8) is 0 Å². The topological polar surface area (TPSA) is 51.2 Å². The molecule has 0 bridgehead atoms. The van der Waals surface area contributed by atoms with Crippen LogP contribution in [0.3, 0.4) is 0 Å². The fraction of sp³-hybridized carbons (Fsp3) is 0.217. The van der Waals surface area contributed by atoms with Crippen molar-refractivity contribution in [2.24, 2.45) is 0 Å². The van der Waals surface area contributed by atoms with Gasteiger partial charge in [-0.15, -0.1) is 0 Å². The SMILES string of the molecule is CCC/C=C/COc1cccc(CNC(=O)c2ccc3ncccc3c2)c1. The van der Waals surface area contributed by atoms with Crippen molar-refractivity contribution >= 4 is 16.8 Å². The number of nitrogens with one attached hydrogen (secondary N) is 1. The van der Waals surface area contributed by atoms with E-state index in [4.69, 9.17) is 4.74 Å². The molecule has 1 N–H and O–H groups in total. The molecule has 27 heavy (non-hydrogen) atoms. The summed E-state index contributed by atoms with van der Waals surface area (Å²) in [5.74, 6) is 0.703. The van der Waals surface area contributed by atoms with Crippen LogP contribution in [-0.4, -0.2) is 17.5 Å². The summed E-state index contributed by atoms with van der Waals surface area (Å²) >= 11 is 0. The Labute approximate surface area is 159 Å². The van der Waals surface area contributed by atoms with Crippen LogP contribution in [0, 0.1) is 0 Å². The quantitative estimate of drug-likeness (QED) is 0.581. The van der Waals surface area contributed by atoms with E-state index in [0.29, 0.717) is 18.7 Å². The van der Waals surface area contributed by atoms with Crippen LogP contribution in [0.2, 0.25) is 0 Å². The van der Waals surface area contributed by atoms with E-state index < -0.39 is 0 Å². The third-order valence-electron chi connectivity index (χ3n) is 4.18. The Kier molecular flexibility index (Phi) is 6.58. The van der Waals surface area contributed by atoms with Gasteiger partial charge >= 0.3 is 0 Å². The van der Waals surface area contributed by atoms with Crippen molar-refractivity contribution in [3.05, 3.63) is 84.1 Å². The highest BCUT2D eigenvalue weighted by Crippen LogP contribution is 2.15. The fourth-order valence-electron chi connectivity index (χ4n) is 2.74. The van der Waals surface area contributed by atoms with Crippen LogP contribution in [0.4, 0.5) is 0 Å². The van der Waals surface area contributed by atoms with Gasteiger partial charge in [-0.2, -0.15) is 0 Å². The molecular formula is C23H24N2O2. The molecule has 2 aromatic carbocycles. The van der Waals surface area contributed by atoms with E-state index in [9.17, 15) is 4.79 Å². The number of hydrogen-bond donors (Lipinski definition) is 1. The van der Waals surface area contributed by atoms with Crippen molar-refractivity contribution in [1.29, 1.82) is 0 Å². The lowest BCUT2D eigenvalue weighted by atomic mass is 10.1. The van der Waals surface area contributed by atoms with Crippen LogP contribution in [0.5, 0.6) is 5.75 Å². The first-order chi connectivity index (χ1) is 13.3. The molecule has 0 atom stereocenters. The number of rotatable bonds is 8. The van der Waals surface area contributed by atoms with E-state index in [2.05, 4.69) is 23.3 Å². The molecular weight excluding hydrogens is 336 g/mol. The lowest BCUT2D eigenvalue weighted by Crippen LogP contribution is -2.22. The maximum absolute atomic E-state index is 12.4. The van der Waals surface area contributed by atoms with Gasteiger partial charge in [-0.25, -0.2) is 0 Å². The van der Waals surface area contributed by atoms with E-state index in [-0.39, 0.29) is 5.91 Å². The van der Waals surface area contributed by atoms with Crippen LogP contribution >= 0.6 is 0 Å². The van der Waals surface area contributed by atoms with Gasteiger partial charge in [0.05, 0.1) is 5.52 Å². The van der Waals surface area contributed by atoms with Crippen molar-refractivity contribution in [2.75, 3.05) is 6.61 Å². The molecule has 3 aromatic rings. The van der Waals surface area contributed by atoms with Crippen LogP contribution in [0.25, 0.3) is 10.9 Å². The Balaban J connectivity index is 1.57. The minimum Gasteiger partial charge on any atom is -0.490 e. The highest BCUT2D eigenvalue weighted by Gasteiger charge is 2.07. The van der Waals surface area contributed by atoms with E-state index in [1.807, 2.05) is 54.6 Å². The fourth-order valence-corrected chi connectivity index (χ4v) is 2.74. The Bertz CT molecular complexity index is 934. The molecule has 0 aliphatic rings. The van der Waals surface area contributed by atoms with Crippen molar-refractivity contribution in [1.82, 2.24) is 10.3 Å². The standard InChI is InChI=1S/C23H24N2O2/c1-2-3-4-5-14-27-21-10-6-8-18(15-21)17-25-23(26)20-11-12-22-19(16-20)9-7-13-24-22/h4-13,15-16H,2-3,14,17H2,1H3,(H,25,26)/b5-4+. The number of aromatic nitrogens is 1. The number of pyridine rings is 1. The molecule has 4 nitrogen and oxygen atoms in total. The molecule has 138 valence electrons. The predicted octanol–water partition coefficient (Wildman–Crippen LogP) is 4.90. The second-order valence-electron chi connectivity index (χ2n) is 6.31. The summed E-state index contributed by atoms with van der Waals surface area (Å²) in [6.07, 6.45) is 8.12. The molecule has 0 spiro atoms. The normalized spacial score (nSPS) is 11.0. The van der Waals surface area contributed by atoms with E-state index in [1.54, 1.807) is 12.3 Å². The molecule has 3 rings (SSSR count). The summed E-state index contributed by atoms with van der Waals surface area (Å²) in [6, 6.07) is 17.1. The smallest absolute Gasteiger partial charge is 0.251 e. The molecule has 0 radical (unpaired) electrons. The number of benzene rings is 2. The Morgan fingerprint density at radius 1 is 1.11 bits per heavy atom. The van der Waals surface area contributed by atoms with E-state index >= 15 is 0 Å². The first-order valence-electron chi connectivity index (χ1n) is 9.26. The predicted molar refractivity (Wildman–Crippen MR) is 109 cm³/mol. The highest BCUT2D eigenvalue weighted by molar-refractivity contribution is 5.97. The number of carbonyl (C=O) groups excluding carboxylic acids is 1. The number of ether oxygens (including phenoxy) is 1. The lowest BCUT2D eigenvalue weighted by Gasteiger charge is -2.08. The molecule has 0 saturated heterocycles. The van der Waals surface area contributed by atoms with Crippen LogP contribution in [-0.2, 0) is 6.54 Å². The highest BCUT2D eigenvalue weighted by atomic mass is 16.5. The van der Waals surface area contributed by atoms with Gasteiger partial charge in [-0.1, -0.05) is 43.7 Å². The molecule has 0 unspecified atom stereocenters. The summed E-state index contributed by atoms with van der Waals surface area (Å²) in [4.78, 5) is 16.7. The van der Waals surface area contributed by atoms with Crippen molar-refractivity contribution in [2.45, 2.75) is 26.3 Å². The maximum atomic E-state index is 12.4. The minimum absolute atomic E-state index is 0.102. The Morgan fingerprint density at radius 2 is 2.04 bits per heavy atom. The average Bonchev–Trinajstić information content (AvgIpc) is 2.72. The van der Waals surface area contributed by atoms with Crippen LogP contribution in [0.15, 0.2) is 72.9 Å². The second-order valence-corrected chi connectivity index (χ2v) is 6.31. The Hall–Kier alpha value is -3.14. The summed E-state index contributed by atoms with van der Waals surface area (Å²) in [6.45, 7) is 3.16. The average molecular weight is 360 g/mol. The zero-order valence-corrected chi connectivity index (χ0v) is 15.5. The molecule has 0 aliphatic heterocycles. The van der Waals surface area contributed by atoms with Gasteiger partial charge < -0.3 is 10.1 Å². The van der Waals surface area contributed by atoms with Crippen molar-refractivity contribution in [3.8, 4) is 5.75 Å². The first kappa shape index (κ1) is 18.6. The van der Waals surface area contributed by atoms with E-state index in [1.165, 1.54) is 0 Å². The van der Waals surface area contributed by atoms with Gasteiger partial charge in [0.2, 0.25) is 0 Å². The van der Waals surface area contributed by atoms with Gasteiger partial charge in [0.15, 0.2) is 0 Å². The molecule has 0 fully saturated rings. The number of allylic oxidation sites excluding steroid dienone is 1. The molecule has 1 heterocycles. The van der Waals surface area contributed by atoms with Crippen LogP contribution in [0.1, 0.15) is 35.7 Å². The largest absolute Gasteiger partial charge is 0.490 e. The lowest BCUT2D eigenvalue weighted by molar-refractivity contribution is 0.0951. The number of unbranched alkanes of at least 4 members (excludes halogenated alkanes) is 1.